The van der Waals surface area contributed by atoms with Gasteiger partial charge in [-0.2, -0.15) is 0 Å². The average Bonchev–Trinajstić information content (AvgIpc) is 2.32. The molecule has 5 heteroatoms. The van der Waals surface area contributed by atoms with Crippen LogP contribution in [-0.4, -0.2) is 48.3 Å². The quantitative estimate of drug-likeness (QED) is 0.791. The number of rotatable bonds is 1. The summed E-state index contributed by atoms with van der Waals surface area (Å²) < 4.78 is 0.777. The van der Waals surface area contributed by atoms with Gasteiger partial charge in [0.1, 0.15) is 6.54 Å². The van der Waals surface area contributed by atoms with E-state index in [0.29, 0.717) is 18.7 Å². The molecule has 1 aromatic carbocycles. The molecule has 1 saturated heterocycles. The Morgan fingerprint density at radius 1 is 1.33 bits per heavy atom. The smallest absolute Gasteiger partial charge is 0.255 e. The van der Waals surface area contributed by atoms with Crippen molar-refractivity contribution in [2.45, 2.75) is 6.92 Å². The summed E-state index contributed by atoms with van der Waals surface area (Å²) in [5.41, 5.74) is 1.70. The van der Waals surface area contributed by atoms with Crippen LogP contribution in [0.15, 0.2) is 22.7 Å². The van der Waals surface area contributed by atoms with Gasteiger partial charge in [0.25, 0.3) is 5.91 Å². The van der Waals surface area contributed by atoms with Gasteiger partial charge in [-0.25, -0.2) is 0 Å². The van der Waals surface area contributed by atoms with Crippen molar-refractivity contribution >= 4 is 27.7 Å². The Morgan fingerprint density at radius 3 is 2.67 bits per heavy atom. The number of amides is 2. The normalized spacial score (nSPS) is 16.1. The molecular weight excluding hydrogens is 296 g/mol. The molecule has 0 aromatic heterocycles. The van der Waals surface area contributed by atoms with Gasteiger partial charge in [0, 0.05) is 24.6 Å². The molecule has 0 bridgehead atoms. The van der Waals surface area contributed by atoms with Gasteiger partial charge >= 0.3 is 0 Å². The Labute approximate surface area is 115 Å². The van der Waals surface area contributed by atoms with Crippen LogP contribution in [0.3, 0.4) is 0 Å². The van der Waals surface area contributed by atoms with Crippen LogP contribution in [0.2, 0.25) is 0 Å². The molecule has 1 fully saturated rings. The highest BCUT2D eigenvalue weighted by Gasteiger charge is 2.26. The van der Waals surface area contributed by atoms with Crippen molar-refractivity contribution in [3.63, 3.8) is 0 Å². The first-order chi connectivity index (χ1) is 8.49. The molecule has 2 rings (SSSR count). The highest BCUT2D eigenvalue weighted by atomic mass is 79.9. The van der Waals surface area contributed by atoms with Crippen LogP contribution in [-0.2, 0) is 4.79 Å². The minimum atomic E-state index is -0.0941. The van der Waals surface area contributed by atoms with Crippen molar-refractivity contribution in [3.8, 4) is 0 Å². The summed E-state index contributed by atoms with van der Waals surface area (Å²) in [5.74, 6) is -0.110. The largest absolute Gasteiger partial charge is 0.342 e. The number of aryl methyl sites for hydroxylation is 1. The maximum atomic E-state index is 12.3. The molecule has 1 aliphatic rings. The van der Waals surface area contributed by atoms with Gasteiger partial charge in [0.2, 0.25) is 5.91 Å². The van der Waals surface area contributed by atoms with Gasteiger partial charge in [-0.05, 0) is 40.5 Å². The van der Waals surface area contributed by atoms with Gasteiger partial charge in [-0.1, -0.05) is 6.07 Å². The average molecular weight is 311 g/mol. The molecule has 4 nitrogen and oxygen atoms in total. The first-order valence-corrected chi connectivity index (χ1v) is 6.57. The molecule has 0 N–H and O–H groups in total. The Hall–Kier alpha value is -1.36. The number of nitrogens with zero attached hydrogens (tertiary/aromatic N) is 2. The van der Waals surface area contributed by atoms with E-state index in [9.17, 15) is 9.59 Å². The van der Waals surface area contributed by atoms with Crippen LogP contribution in [0.4, 0.5) is 0 Å². The molecule has 0 radical (unpaired) electrons. The second kappa shape index (κ2) is 5.10. The maximum Gasteiger partial charge on any atom is 0.255 e. The number of carbonyl (C=O) groups is 2. The zero-order valence-corrected chi connectivity index (χ0v) is 12.0. The second-order valence-corrected chi connectivity index (χ2v) is 5.38. The summed E-state index contributed by atoms with van der Waals surface area (Å²) in [5, 5.41) is 0. The summed E-state index contributed by atoms with van der Waals surface area (Å²) in [6, 6.07) is 5.60. The number of piperazine rings is 1. The van der Waals surface area contributed by atoms with Gasteiger partial charge in [0.15, 0.2) is 0 Å². The third-order valence-corrected chi connectivity index (χ3v) is 3.76. The Morgan fingerprint density at radius 2 is 2.06 bits per heavy atom. The molecule has 96 valence electrons. The van der Waals surface area contributed by atoms with Crippen LogP contribution in [0.1, 0.15) is 15.9 Å². The molecule has 1 aromatic rings. The van der Waals surface area contributed by atoms with E-state index in [-0.39, 0.29) is 18.4 Å². The van der Waals surface area contributed by atoms with Crippen LogP contribution in [0.25, 0.3) is 0 Å². The first-order valence-electron chi connectivity index (χ1n) is 5.78. The minimum absolute atomic E-state index is 0.0159. The highest BCUT2D eigenvalue weighted by molar-refractivity contribution is 9.10. The van der Waals surface area contributed by atoms with Crippen molar-refractivity contribution in [1.29, 1.82) is 0 Å². The van der Waals surface area contributed by atoms with E-state index in [1.54, 1.807) is 22.9 Å². The predicted molar refractivity (Wildman–Crippen MR) is 72.4 cm³/mol. The van der Waals surface area contributed by atoms with E-state index in [2.05, 4.69) is 15.9 Å². The number of hydrogen-bond acceptors (Lipinski definition) is 2. The maximum absolute atomic E-state index is 12.3. The predicted octanol–water partition coefficient (Wildman–Crippen LogP) is 1.67. The van der Waals surface area contributed by atoms with Gasteiger partial charge < -0.3 is 9.80 Å². The number of likely N-dealkylation sites (N-methyl/N-ethyl adjacent to an activating group) is 1. The summed E-state index contributed by atoms with van der Waals surface area (Å²) in [4.78, 5) is 27.2. The van der Waals surface area contributed by atoms with Crippen molar-refractivity contribution in [1.82, 2.24) is 9.80 Å². The van der Waals surface area contributed by atoms with E-state index < -0.39 is 0 Å². The molecule has 0 saturated carbocycles. The molecule has 1 aliphatic heterocycles. The highest BCUT2D eigenvalue weighted by Crippen LogP contribution is 2.20. The zero-order valence-electron chi connectivity index (χ0n) is 10.4. The SMILES string of the molecule is Cc1ccc(C(=O)N2CCN(C)C(=O)C2)c(Br)c1. The number of hydrogen-bond donors (Lipinski definition) is 0. The topological polar surface area (TPSA) is 40.6 Å². The monoisotopic (exact) mass is 310 g/mol. The van der Waals surface area contributed by atoms with Crippen molar-refractivity contribution < 1.29 is 9.59 Å². The fourth-order valence-electron chi connectivity index (χ4n) is 1.90. The number of carbonyl (C=O) groups excluding carboxylic acids is 2. The standard InChI is InChI=1S/C13H15BrN2O2/c1-9-3-4-10(11(14)7-9)13(18)16-6-5-15(2)12(17)8-16/h3-4,7H,5-6,8H2,1-2H3. The van der Waals surface area contributed by atoms with Crippen LogP contribution >= 0.6 is 15.9 Å². The lowest BCUT2D eigenvalue weighted by Crippen LogP contribution is -2.50. The number of halogens is 1. The van der Waals surface area contributed by atoms with E-state index in [1.165, 1.54) is 0 Å². The Balaban J connectivity index is 2.19. The fourth-order valence-corrected chi connectivity index (χ4v) is 2.56. The van der Waals surface area contributed by atoms with Crippen molar-refractivity contribution in [3.05, 3.63) is 33.8 Å². The molecule has 2 amide bonds. The second-order valence-electron chi connectivity index (χ2n) is 4.53. The molecular formula is C13H15BrN2O2. The van der Waals surface area contributed by atoms with E-state index >= 15 is 0 Å². The van der Waals surface area contributed by atoms with Crippen molar-refractivity contribution in [2.75, 3.05) is 26.7 Å². The third-order valence-electron chi connectivity index (χ3n) is 3.10. The lowest BCUT2D eigenvalue weighted by atomic mass is 10.1. The molecule has 0 atom stereocenters. The summed E-state index contributed by atoms with van der Waals surface area (Å²) in [6.45, 7) is 3.31. The molecule has 0 aliphatic carbocycles. The Kier molecular flexibility index (Phi) is 3.71. The Bertz CT molecular complexity index is 502. The van der Waals surface area contributed by atoms with Gasteiger partial charge in [0.05, 0.1) is 5.56 Å². The van der Waals surface area contributed by atoms with Crippen LogP contribution < -0.4 is 0 Å². The zero-order chi connectivity index (χ0) is 13.3. The number of benzene rings is 1. The van der Waals surface area contributed by atoms with E-state index in [0.717, 1.165) is 10.0 Å². The molecule has 1 heterocycles. The van der Waals surface area contributed by atoms with Crippen molar-refractivity contribution in [2.24, 2.45) is 0 Å². The summed E-state index contributed by atoms with van der Waals surface area (Å²) in [6.07, 6.45) is 0. The summed E-state index contributed by atoms with van der Waals surface area (Å²) >= 11 is 3.40. The lowest BCUT2D eigenvalue weighted by molar-refractivity contribution is -0.133. The van der Waals surface area contributed by atoms with Crippen LogP contribution in [0.5, 0.6) is 0 Å². The van der Waals surface area contributed by atoms with E-state index in [1.807, 2.05) is 19.1 Å². The van der Waals surface area contributed by atoms with E-state index in [4.69, 9.17) is 0 Å². The van der Waals surface area contributed by atoms with Gasteiger partial charge in [-0.3, -0.25) is 9.59 Å². The minimum Gasteiger partial charge on any atom is -0.342 e. The molecule has 0 unspecified atom stereocenters. The molecule has 18 heavy (non-hydrogen) atoms. The summed E-state index contributed by atoms with van der Waals surface area (Å²) in [7, 11) is 1.76. The third kappa shape index (κ3) is 2.56. The fraction of sp³-hybridized carbons (Fsp3) is 0.385. The lowest BCUT2D eigenvalue weighted by Gasteiger charge is -2.32. The van der Waals surface area contributed by atoms with Crippen LogP contribution in [0, 0.1) is 6.92 Å². The molecule has 0 spiro atoms. The first kappa shape index (κ1) is 13.1. The van der Waals surface area contributed by atoms with Gasteiger partial charge in [-0.15, -0.1) is 0 Å².